The second-order valence-electron chi connectivity index (χ2n) is 6.15. The lowest BCUT2D eigenvalue weighted by Crippen LogP contribution is -2.42. The van der Waals surface area contributed by atoms with Crippen molar-refractivity contribution in [2.75, 3.05) is 13.2 Å². The zero-order chi connectivity index (χ0) is 16.9. The van der Waals surface area contributed by atoms with E-state index in [-0.39, 0.29) is 12.1 Å². The highest BCUT2D eigenvalue weighted by Gasteiger charge is 2.16. The van der Waals surface area contributed by atoms with Crippen LogP contribution in [0, 0.1) is 11.3 Å². The first kappa shape index (κ1) is 17.3. The molecule has 0 saturated heterocycles. The van der Waals surface area contributed by atoms with Gasteiger partial charge in [-0.1, -0.05) is 16.6 Å². The Morgan fingerprint density at radius 2 is 2.13 bits per heavy atom. The van der Waals surface area contributed by atoms with Gasteiger partial charge >= 0.3 is 0 Å². The van der Waals surface area contributed by atoms with Crippen molar-refractivity contribution >= 4 is 11.5 Å². The lowest BCUT2D eigenvalue weighted by molar-refractivity contribution is 0.100. The number of nitrogens with one attached hydrogen (secondary N) is 1. The Morgan fingerprint density at radius 1 is 1.39 bits per heavy atom. The fraction of sp³-hybridized carbons (Fsp3) is 0.438. The van der Waals surface area contributed by atoms with Gasteiger partial charge in [-0.15, -0.1) is 5.10 Å². The quantitative estimate of drug-likeness (QED) is 0.843. The predicted octanol–water partition coefficient (Wildman–Crippen LogP) is 2.20. The predicted molar refractivity (Wildman–Crippen MR) is 89.3 cm³/mol. The van der Waals surface area contributed by atoms with Crippen LogP contribution in [0.15, 0.2) is 24.3 Å². The molecule has 1 aromatic carbocycles. The summed E-state index contributed by atoms with van der Waals surface area (Å²) >= 11 is 1.05. The molecule has 0 amide bonds. The third-order valence-electron chi connectivity index (χ3n) is 3.03. The fourth-order valence-electron chi connectivity index (χ4n) is 1.90. The average molecular weight is 332 g/mol. The van der Waals surface area contributed by atoms with Crippen LogP contribution in [0.3, 0.4) is 0 Å². The number of ether oxygens (including phenoxy) is 1. The first-order valence-corrected chi connectivity index (χ1v) is 8.06. The SMILES string of the molecule is CC(C)(C)NCC(O)COc1ccccc1-c1nnsc1C#N. The standard InChI is InChI=1S/C16H20N4O2S/c1-16(2,3)18-9-11(21)10-22-13-7-5-4-6-12(13)15-14(8-17)23-20-19-15/h4-7,11,18,21H,9-10H2,1-3H3. The molecule has 0 bridgehead atoms. The minimum absolute atomic E-state index is 0.0626. The Labute approximate surface area is 139 Å². The molecule has 1 aromatic heterocycles. The van der Waals surface area contributed by atoms with E-state index in [4.69, 9.17) is 10.00 Å². The zero-order valence-electron chi connectivity index (χ0n) is 13.4. The second kappa shape index (κ2) is 7.51. The van der Waals surface area contributed by atoms with Crippen molar-refractivity contribution in [1.82, 2.24) is 14.9 Å². The van der Waals surface area contributed by atoms with Crippen LogP contribution in [0.4, 0.5) is 0 Å². The lowest BCUT2D eigenvalue weighted by Gasteiger charge is -2.23. The monoisotopic (exact) mass is 332 g/mol. The van der Waals surface area contributed by atoms with Crippen LogP contribution in [0.2, 0.25) is 0 Å². The Morgan fingerprint density at radius 3 is 2.83 bits per heavy atom. The van der Waals surface area contributed by atoms with Crippen molar-refractivity contribution in [2.24, 2.45) is 0 Å². The molecule has 2 aromatic rings. The van der Waals surface area contributed by atoms with Gasteiger partial charge in [0.15, 0.2) is 4.88 Å². The van der Waals surface area contributed by atoms with E-state index >= 15 is 0 Å². The molecule has 6 nitrogen and oxygen atoms in total. The Kier molecular flexibility index (Phi) is 5.66. The number of aliphatic hydroxyl groups is 1. The number of β-amino-alcohol motifs (C(OH)–C–C–N with tert-alkyl or cyclic N) is 1. The summed E-state index contributed by atoms with van der Waals surface area (Å²) in [6, 6.07) is 9.38. The van der Waals surface area contributed by atoms with Crippen molar-refractivity contribution < 1.29 is 9.84 Å². The van der Waals surface area contributed by atoms with Crippen molar-refractivity contribution in [3.8, 4) is 23.1 Å². The largest absolute Gasteiger partial charge is 0.490 e. The third kappa shape index (κ3) is 4.99. The first-order valence-electron chi connectivity index (χ1n) is 7.28. The normalized spacial score (nSPS) is 12.7. The maximum atomic E-state index is 10.0. The minimum Gasteiger partial charge on any atom is -0.490 e. The number of para-hydroxylation sites is 1. The molecule has 122 valence electrons. The van der Waals surface area contributed by atoms with Crippen LogP contribution in [0.25, 0.3) is 11.3 Å². The molecule has 7 heteroatoms. The van der Waals surface area contributed by atoms with E-state index in [9.17, 15) is 5.11 Å². The fourth-order valence-corrected chi connectivity index (χ4v) is 2.38. The Bertz CT molecular complexity index is 688. The summed E-state index contributed by atoms with van der Waals surface area (Å²) in [4.78, 5) is 0.441. The average Bonchev–Trinajstić information content (AvgIpc) is 2.99. The number of hydrogen-bond donors (Lipinski definition) is 2. The second-order valence-corrected chi connectivity index (χ2v) is 6.91. The maximum absolute atomic E-state index is 10.0. The molecule has 1 heterocycles. The van der Waals surface area contributed by atoms with Crippen LogP contribution in [0.5, 0.6) is 5.75 Å². The summed E-state index contributed by atoms with van der Waals surface area (Å²) in [6.07, 6.45) is -0.633. The molecule has 23 heavy (non-hydrogen) atoms. The van der Waals surface area contributed by atoms with Gasteiger partial charge in [0.25, 0.3) is 0 Å². The van der Waals surface area contributed by atoms with Gasteiger partial charge in [-0.25, -0.2) is 0 Å². The molecule has 2 N–H and O–H groups in total. The van der Waals surface area contributed by atoms with Gasteiger partial charge in [0.1, 0.15) is 30.2 Å². The van der Waals surface area contributed by atoms with Gasteiger partial charge in [0, 0.05) is 17.6 Å². The topological polar surface area (TPSA) is 91.1 Å². The Balaban J connectivity index is 2.06. The molecule has 0 aliphatic rings. The highest BCUT2D eigenvalue weighted by molar-refractivity contribution is 7.06. The number of aliphatic hydroxyl groups excluding tert-OH is 1. The Hall–Kier alpha value is -2.01. The molecule has 0 saturated carbocycles. The van der Waals surface area contributed by atoms with Crippen molar-refractivity contribution in [2.45, 2.75) is 32.4 Å². The van der Waals surface area contributed by atoms with E-state index in [0.717, 1.165) is 11.5 Å². The molecule has 0 radical (unpaired) electrons. The van der Waals surface area contributed by atoms with Gasteiger partial charge in [-0.3, -0.25) is 0 Å². The van der Waals surface area contributed by atoms with E-state index < -0.39 is 6.10 Å². The number of benzene rings is 1. The van der Waals surface area contributed by atoms with Crippen LogP contribution in [0.1, 0.15) is 25.6 Å². The summed E-state index contributed by atoms with van der Waals surface area (Å²) in [5.74, 6) is 0.575. The molecular weight excluding hydrogens is 312 g/mol. The molecule has 0 aliphatic carbocycles. The first-order chi connectivity index (χ1) is 10.9. The highest BCUT2D eigenvalue weighted by Crippen LogP contribution is 2.31. The number of nitriles is 1. The molecule has 1 atom stereocenters. The summed E-state index contributed by atoms with van der Waals surface area (Å²) in [7, 11) is 0. The van der Waals surface area contributed by atoms with Gasteiger partial charge in [-0.2, -0.15) is 5.26 Å². The lowest BCUT2D eigenvalue weighted by atomic mass is 10.1. The van der Waals surface area contributed by atoms with E-state index in [0.29, 0.717) is 28.4 Å². The van der Waals surface area contributed by atoms with Crippen molar-refractivity contribution in [3.63, 3.8) is 0 Å². The van der Waals surface area contributed by atoms with Gasteiger partial charge < -0.3 is 15.2 Å². The van der Waals surface area contributed by atoms with Gasteiger partial charge in [0.05, 0.1) is 0 Å². The van der Waals surface area contributed by atoms with Crippen LogP contribution in [-0.4, -0.2) is 39.5 Å². The molecule has 0 aliphatic heterocycles. The molecule has 2 rings (SSSR count). The molecule has 1 unspecified atom stereocenters. The smallest absolute Gasteiger partial charge is 0.153 e. The summed E-state index contributed by atoms with van der Waals surface area (Å²) in [5.41, 5.74) is 1.15. The van der Waals surface area contributed by atoms with E-state index in [2.05, 4.69) is 21.0 Å². The van der Waals surface area contributed by atoms with E-state index in [1.165, 1.54) is 0 Å². The van der Waals surface area contributed by atoms with Gasteiger partial charge in [0.2, 0.25) is 0 Å². The van der Waals surface area contributed by atoms with Crippen LogP contribution < -0.4 is 10.1 Å². The number of nitrogens with zero attached hydrogens (tertiary/aromatic N) is 3. The minimum atomic E-state index is -0.633. The van der Waals surface area contributed by atoms with E-state index in [1.807, 2.05) is 39.0 Å². The number of rotatable bonds is 6. The number of aromatic nitrogens is 2. The summed E-state index contributed by atoms with van der Waals surface area (Å²) < 4.78 is 9.54. The van der Waals surface area contributed by atoms with Crippen molar-refractivity contribution in [3.05, 3.63) is 29.1 Å². The third-order valence-corrected chi connectivity index (χ3v) is 3.66. The molecule has 0 spiro atoms. The highest BCUT2D eigenvalue weighted by atomic mass is 32.1. The van der Waals surface area contributed by atoms with Crippen LogP contribution in [-0.2, 0) is 0 Å². The zero-order valence-corrected chi connectivity index (χ0v) is 14.2. The molecular formula is C16H20N4O2S. The summed E-state index contributed by atoms with van der Waals surface area (Å²) in [6.45, 7) is 6.70. The maximum Gasteiger partial charge on any atom is 0.153 e. The van der Waals surface area contributed by atoms with E-state index in [1.54, 1.807) is 6.07 Å². The molecule has 0 fully saturated rings. The summed E-state index contributed by atoms with van der Waals surface area (Å²) in [5, 5.41) is 26.4. The van der Waals surface area contributed by atoms with Crippen LogP contribution >= 0.6 is 11.5 Å². The number of hydrogen-bond acceptors (Lipinski definition) is 7. The van der Waals surface area contributed by atoms with Crippen molar-refractivity contribution in [1.29, 1.82) is 5.26 Å². The van der Waals surface area contributed by atoms with Gasteiger partial charge in [-0.05, 0) is 44.4 Å².